The Morgan fingerprint density at radius 1 is 1.38 bits per heavy atom. The number of thioether (sulfide) groups is 1. The van der Waals surface area contributed by atoms with E-state index in [1.54, 1.807) is 18.3 Å². The molecule has 3 heterocycles. The lowest BCUT2D eigenvalue weighted by atomic mass is 10.3. The topological polar surface area (TPSA) is 99.0 Å². The third-order valence-corrected chi connectivity index (χ3v) is 5.70. The molecule has 0 aliphatic carbocycles. The fraction of sp³-hybridized carbons (Fsp3) is 0.211. The van der Waals surface area contributed by atoms with Crippen LogP contribution in [0, 0.1) is 6.92 Å². The summed E-state index contributed by atoms with van der Waals surface area (Å²) < 4.78 is 6.61. The summed E-state index contributed by atoms with van der Waals surface area (Å²) >= 11 is 2.57. The number of esters is 1. The second-order valence-electron chi connectivity index (χ2n) is 5.85. The molecule has 0 bridgehead atoms. The normalized spacial score (nSPS) is 10.6. The fourth-order valence-electron chi connectivity index (χ4n) is 2.54. The van der Waals surface area contributed by atoms with Gasteiger partial charge in [-0.15, -0.1) is 28.1 Å². The molecule has 0 aliphatic rings. The Balaban J connectivity index is 1.72. The number of carbonyl (C=O) groups excluding carboxylic acids is 2. The van der Waals surface area contributed by atoms with Crippen LogP contribution in [-0.2, 0) is 16.1 Å². The van der Waals surface area contributed by atoms with Crippen LogP contribution in [0.5, 0.6) is 0 Å². The van der Waals surface area contributed by atoms with Gasteiger partial charge in [0.1, 0.15) is 10.7 Å². The number of hydrogen-bond donors (Lipinski definition) is 1. The third kappa shape index (κ3) is 4.90. The number of rotatable bonds is 8. The van der Waals surface area contributed by atoms with E-state index in [4.69, 9.17) is 4.74 Å². The number of thiophene rings is 1. The lowest BCUT2D eigenvalue weighted by molar-refractivity contribution is -0.113. The van der Waals surface area contributed by atoms with Crippen molar-refractivity contribution in [2.24, 2.45) is 0 Å². The number of methoxy groups -OCH3 is 1. The molecule has 0 spiro atoms. The molecular formula is C19H19N5O3S2. The van der Waals surface area contributed by atoms with E-state index in [1.807, 2.05) is 29.7 Å². The molecule has 0 aromatic carbocycles. The number of aromatic nitrogens is 4. The number of allylic oxidation sites excluding steroid dienone is 1. The minimum absolute atomic E-state index is 0.106. The lowest BCUT2D eigenvalue weighted by Gasteiger charge is -2.08. The molecule has 0 fully saturated rings. The molecule has 0 saturated carbocycles. The van der Waals surface area contributed by atoms with Gasteiger partial charge in [-0.1, -0.05) is 23.9 Å². The standard InChI is InChI=1S/C19H19N5O3S2/c1-4-9-24-16(14-7-5-6-8-20-14)22-23-19(24)28-11-15(25)21-17-13(18(26)27-3)10-12(2)29-17/h4-8,10H,1,9,11H2,2-3H3,(H,21,25). The average molecular weight is 430 g/mol. The van der Waals surface area contributed by atoms with Crippen molar-refractivity contribution < 1.29 is 14.3 Å². The van der Waals surface area contributed by atoms with Crippen LogP contribution in [0.25, 0.3) is 11.5 Å². The predicted molar refractivity (Wildman–Crippen MR) is 113 cm³/mol. The van der Waals surface area contributed by atoms with E-state index >= 15 is 0 Å². The SMILES string of the molecule is C=CCn1c(SCC(=O)Nc2sc(C)cc2C(=O)OC)nnc1-c1ccccn1. The van der Waals surface area contributed by atoms with Crippen molar-refractivity contribution >= 4 is 40.0 Å². The maximum atomic E-state index is 12.4. The van der Waals surface area contributed by atoms with Crippen LogP contribution in [0.3, 0.4) is 0 Å². The average Bonchev–Trinajstić information content (AvgIpc) is 3.30. The first kappa shape index (κ1) is 20.7. The summed E-state index contributed by atoms with van der Waals surface area (Å²) in [5, 5.41) is 12.2. The molecule has 0 aliphatic heterocycles. The highest BCUT2D eigenvalue weighted by Crippen LogP contribution is 2.29. The predicted octanol–water partition coefficient (Wildman–Crippen LogP) is 3.41. The van der Waals surface area contributed by atoms with Crippen LogP contribution < -0.4 is 5.32 Å². The van der Waals surface area contributed by atoms with Gasteiger partial charge in [-0.05, 0) is 25.1 Å². The number of hydrogen-bond acceptors (Lipinski definition) is 8. The maximum absolute atomic E-state index is 12.4. The van der Waals surface area contributed by atoms with Crippen molar-refractivity contribution in [1.29, 1.82) is 0 Å². The molecular weight excluding hydrogens is 410 g/mol. The highest BCUT2D eigenvalue weighted by molar-refractivity contribution is 7.99. The zero-order valence-electron chi connectivity index (χ0n) is 15.9. The van der Waals surface area contributed by atoms with Gasteiger partial charge in [-0.2, -0.15) is 0 Å². The first-order valence-electron chi connectivity index (χ1n) is 8.60. The smallest absolute Gasteiger partial charge is 0.340 e. The Morgan fingerprint density at radius 2 is 2.21 bits per heavy atom. The van der Waals surface area contributed by atoms with Crippen LogP contribution in [-0.4, -0.2) is 44.5 Å². The maximum Gasteiger partial charge on any atom is 0.340 e. The van der Waals surface area contributed by atoms with Gasteiger partial charge in [-0.3, -0.25) is 14.3 Å². The van der Waals surface area contributed by atoms with Crippen molar-refractivity contribution in [2.75, 3.05) is 18.2 Å². The van der Waals surface area contributed by atoms with Crippen LogP contribution in [0.15, 0.2) is 48.3 Å². The van der Waals surface area contributed by atoms with E-state index in [0.29, 0.717) is 33.8 Å². The number of aryl methyl sites for hydroxylation is 1. The molecule has 150 valence electrons. The van der Waals surface area contributed by atoms with Crippen molar-refractivity contribution in [2.45, 2.75) is 18.6 Å². The van der Waals surface area contributed by atoms with Crippen LogP contribution in [0.2, 0.25) is 0 Å². The van der Waals surface area contributed by atoms with E-state index in [-0.39, 0.29) is 11.7 Å². The summed E-state index contributed by atoms with van der Waals surface area (Å²) in [5.74, 6) is -0.0254. The summed E-state index contributed by atoms with van der Waals surface area (Å²) in [5.41, 5.74) is 1.04. The van der Waals surface area contributed by atoms with Gasteiger partial charge in [0, 0.05) is 17.6 Å². The molecule has 1 N–H and O–H groups in total. The van der Waals surface area contributed by atoms with E-state index in [0.717, 1.165) is 4.88 Å². The molecule has 0 unspecified atom stereocenters. The summed E-state index contributed by atoms with van der Waals surface area (Å²) in [4.78, 5) is 29.5. The van der Waals surface area contributed by atoms with Crippen LogP contribution >= 0.6 is 23.1 Å². The Hall–Kier alpha value is -2.98. The molecule has 1 amide bonds. The Kier molecular flexibility index (Phi) is 6.78. The highest BCUT2D eigenvalue weighted by atomic mass is 32.2. The zero-order chi connectivity index (χ0) is 20.8. The largest absolute Gasteiger partial charge is 0.465 e. The summed E-state index contributed by atoms with van der Waals surface area (Å²) in [6, 6.07) is 7.24. The van der Waals surface area contributed by atoms with Gasteiger partial charge in [-0.25, -0.2) is 4.79 Å². The Morgan fingerprint density at radius 3 is 2.90 bits per heavy atom. The molecule has 29 heavy (non-hydrogen) atoms. The van der Waals surface area contributed by atoms with Gasteiger partial charge in [0.25, 0.3) is 0 Å². The molecule has 3 rings (SSSR count). The molecule has 0 saturated heterocycles. The van der Waals surface area contributed by atoms with Gasteiger partial charge in [0.15, 0.2) is 11.0 Å². The number of ether oxygens (including phenoxy) is 1. The van der Waals surface area contributed by atoms with Crippen LogP contribution in [0.1, 0.15) is 15.2 Å². The van der Waals surface area contributed by atoms with Gasteiger partial charge < -0.3 is 10.1 Å². The minimum atomic E-state index is -0.483. The molecule has 3 aromatic rings. The van der Waals surface area contributed by atoms with Gasteiger partial charge in [0.2, 0.25) is 5.91 Å². The third-order valence-electron chi connectivity index (χ3n) is 3.77. The van der Waals surface area contributed by atoms with Crippen molar-refractivity contribution in [3.05, 3.63) is 53.6 Å². The monoisotopic (exact) mass is 429 g/mol. The van der Waals surface area contributed by atoms with Gasteiger partial charge in [0.05, 0.1) is 18.4 Å². The number of anilines is 1. The van der Waals surface area contributed by atoms with E-state index < -0.39 is 5.97 Å². The summed E-state index contributed by atoms with van der Waals surface area (Å²) in [7, 11) is 1.31. The minimum Gasteiger partial charge on any atom is -0.465 e. The van der Waals surface area contributed by atoms with Crippen molar-refractivity contribution in [3.8, 4) is 11.5 Å². The number of amides is 1. The number of carbonyl (C=O) groups is 2. The Bertz CT molecular complexity index is 1030. The number of pyridine rings is 1. The highest BCUT2D eigenvalue weighted by Gasteiger charge is 2.19. The summed E-state index contributed by atoms with van der Waals surface area (Å²) in [6.45, 7) is 6.12. The van der Waals surface area contributed by atoms with Crippen LogP contribution in [0.4, 0.5) is 5.00 Å². The second-order valence-corrected chi connectivity index (χ2v) is 8.05. The molecule has 0 atom stereocenters. The molecule has 0 radical (unpaired) electrons. The first-order chi connectivity index (χ1) is 14.0. The zero-order valence-corrected chi connectivity index (χ0v) is 17.5. The molecule has 3 aromatic heterocycles. The summed E-state index contributed by atoms with van der Waals surface area (Å²) in [6.07, 6.45) is 3.42. The Labute approximate surface area is 176 Å². The van der Waals surface area contributed by atoms with Crippen molar-refractivity contribution in [3.63, 3.8) is 0 Å². The lowest BCUT2D eigenvalue weighted by Crippen LogP contribution is -2.16. The quantitative estimate of drug-likeness (QED) is 0.333. The second kappa shape index (κ2) is 9.48. The molecule has 10 heteroatoms. The molecule has 8 nitrogen and oxygen atoms in total. The van der Waals surface area contributed by atoms with Gasteiger partial charge >= 0.3 is 5.97 Å². The first-order valence-corrected chi connectivity index (χ1v) is 10.4. The number of nitrogens with zero attached hydrogens (tertiary/aromatic N) is 4. The number of nitrogens with one attached hydrogen (secondary N) is 1. The van der Waals surface area contributed by atoms with E-state index in [2.05, 4.69) is 27.1 Å². The van der Waals surface area contributed by atoms with Crippen molar-refractivity contribution in [1.82, 2.24) is 19.7 Å². The van der Waals surface area contributed by atoms with E-state index in [9.17, 15) is 9.59 Å². The fourth-order valence-corrected chi connectivity index (χ4v) is 4.20. The van der Waals surface area contributed by atoms with E-state index in [1.165, 1.54) is 30.2 Å².